The van der Waals surface area contributed by atoms with E-state index >= 15 is 0 Å². The van der Waals surface area contributed by atoms with Crippen molar-refractivity contribution >= 4 is 15.9 Å². The average molecular weight is 296 g/mol. The first-order valence-electron chi connectivity index (χ1n) is 5.40. The molecule has 17 heavy (non-hydrogen) atoms. The van der Waals surface area contributed by atoms with Gasteiger partial charge in [0, 0.05) is 17.9 Å². The molecule has 0 saturated heterocycles. The molecule has 2 aromatic rings. The summed E-state index contributed by atoms with van der Waals surface area (Å²) in [6, 6.07) is 6.32. The van der Waals surface area contributed by atoms with Gasteiger partial charge in [-0.25, -0.2) is 0 Å². The lowest BCUT2D eigenvalue weighted by atomic mass is 10.1. The van der Waals surface area contributed by atoms with Crippen molar-refractivity contribution in [2.45, 2.75) is 26.9 Å². The lowest BCUT2D eigenvalue weighted by Gasteiger charge is -2.04. The number of aryl methyl sites for hydroxylation is 2. The van der Waals surface area contributed by atoms with Crippen molar-refractivity contribution in [3.63, 3.8) is 0 Å². The minimum Gasteiger partial charge on any atom is -0.340 e. The Morgan fingerprint density at radius 1 is 1.29 bits per heavy atom. The summed E-state index contributed by atoms with van der Waals surface area (Å²) in [7, 11) is 0. The Labute approximate surface area is 109 Å². The first-order valence-corrected chi connectivity index (χ1v) is 6.19. The number of benzene rings is 1. The van der Waals surface area contributed by atoms with Gasteiger partial charge in [0.1, 0.15) is 0 Å². The molecule has 0 fully saturated rings. The summed E-state index contributed by atoms with van der Waals surface area (Å²) in [6.45, 7) is 5.26. The van der Waals surface area contributed by atoms with Gasteiger partial charge in [0.15, 0.2) is 5.82 Å². The third-order valence-corrected chi connectivity index (χ3v) is 3.27. The molecule has 5 heteroatoms. The van der Waals surface area contributed by atoms with Crippen LogP contribution >= 0.6 is 15.9 Å². The second kappa shape index (κ2) is 5.42. The van der Waals surface area contributed by atoms with E-state index in [9.17, 15) is 0 Å². The molecule has 0 aliphatic carbocycles. The first-order chi connectivity index (χ1) is 8.15. The van der Waals surface area contributed by atoms with Crippen LogP contribution in [0.1, 0.15) is 22.8 Å². The second-order valence-corrected chi connectivity index (χ2v) is 4.77. The lowest BCUT2D eigenvalue weighted by Crippen LogP contribution is -2.13. The Morgan fingerprint density at radius 2 is 2.12 bits per heavy atom. The van der Waals surface area contributed by atoms with Gasteiger partial charge >= 0.3 is 0 Å². The second-order valence-electron chi connectivity index (χ2n) is 3.92. The summed E-state index contributed by atoms with van der Waals surface area (Å²) in [5, 5.41) is 7.09. The molecule has 0 saturated carbocycles. The molecule has 1 aromatic carbocycles. The fraction of sp³-hybridized carbons (Fsp3) is 0.333. The number of nitrogens with zero attached hydrogens (tertiary/aromatic N) is 2. The summed E-state index contributed by atoms with van der Waals surface area (Å²) in [5.74, 6) is 1.29. The highest BCUT2D eigenvalue weighted by Gasteiger charge is 2.02. The summed E-state index contributed by atoms with van der Waals surface area (Å²) in [4.78, 5) is 4.12. The van der Waals surface area contributed by atoms with Crippen molar-refractivity contribution in [2.24, 2.45) is 0 Å². The average Bonchev–Trinajstić information content (AvgIpc) is 2.70. The molecule has 0 bridgehead atoms. The molecule has 1 heterocycles. The van der Waals surface area contributed by atoms with Crippen molar-refractivity contribution < 1.29 is 4.52 Å². The Kier molecular flexibility index (Phi) is 3.91. The topological polar surface area (TPSA) is 51.0 Å². The summed E-state index contributed by atoms with van der Waals surface area (Å²) in [6.07, 6.45) is 0. The summed E-state index contributed by atoms with van der Waals surface area (Å²) in [5.41, 5.74) is 2.46. The summed E-state index contributed by atoms with van der Waals surface area (Å²) < 4.78 is 6.03. The predicted molar refractivity (Wildman–Crippen MR) is 68.5 cm³/mol. The molecular weight excluding hydrogens is 282 g/mol. The van der Waals surface area contributed by atoms with Crippen LogP contribution in [0.4, 0.5) is 0 Å². The molecule has 0 amide bonds. The molecular formula is C12H14BrN3O. The minimum atomic E-state index is 0.597. The molecule has 1 aromatic heterocycles. The van der Waals surface area contributed by atoms with E-state index in [4.69, 9.17) is 4.52 Å². The van der Waals surface area contributed by atoms with Gasteiger partial charge < -0.3 is 9.84 Å². The molecule has 90 valence electrons. The molecule has 0 radical (unpaired) electrons. The van der Waals surface area contributed by atoms with Gasteiger partial charge in [-0.3, -0.25) is 0 Å². The molecule has 0 spiro atoms. The smallest absolute Gasteiger partial charge is 0.223 e. The quantitative estimate of drug-likeness (QED) is 0.942. The number of hydrogen-bond donors (Lipinski definition) is 1. The van der Waals surface area contributed by atoms with Crippen LogP contribution in [-0.2, 0) is 13.1 Å². The van der Waals surface area contributed by atoms with Crippen molar-refractivity contribution in [1.29, 1.82) is 0 Å². The van der Waals surface area contributed by atoms with Crippen molar-refractivity contribution in [2.75, 3.05) is 0 Å². The van der Waals surface area contributed by atoms with Crippen LogP contribution in [0.15, 0.2) is 27.2 Å². The van der Waals surface area contributed by atoms with E-state index in [2.05, 4.69) is 56.5 Å². The lowest BCUT2D eigenvalue weighted by molar-refractivity contribution is 0.385. The normalized spacial score (nSPS) is 10.8. The van der Waals surface area contributed by atoms with Crippen LogP contribution in [0.3, 0.4) is 0 Å². The Hall–Kier alpha value is -1.20. The van der Waals surface area contributed by atoms with Gasteiger partial charge in [0.25, 0.3) is 0 Å². The predicted octanol–water partition coefficient (Wildman–Crippen LogP) is 2.74. The SMILES string of the molecule is Cc1nc(CNCc2ccc(C)c(Br)c2)no1. The van der Waals surface area contributed by atoms with E-state index in [1.807, 2.05) is 0 Å². The molecule has 1 N–H and O–H groups in total. The monoisotopic (exact) mass is 295 g/mol. The minimum absolute atomic E-state index is 0.597. The molecule has 0 aliphatic rings. The molecule has 0 unspecified atom stereocenters. The van der Waals surface area contributed by atoms with Crippen LogP contribution in [0.5, 0.6) is 0 Å². The molecule has 2 rings (SSSR count). The van der Waals surface area contributed by atoms with Gasteiger partial charge in [-0.05, 0) is 24.1 Å². The highest BCUT2D eigenvalue weighted by Crippen LogP contribution is 2.17. The summed E-state index contributed by atoms with van der Waals surface area (Å²) >= 11 is 3.52. The fourth-order valence-corrected chi connectivity index (χ4v) is 1.90. The maximum atomic E-state index is 4.89. The highest BCUT2D eigenvalue weighted by atomic mass is 79.9. The van der Waals surface area contributed by atoms with Gasteiger partial charge in [0.05, 0.1) is 6.54 Å². The van der Waals surface area contributed by atoms with Crippen LogP contribution in [-0.4, -0.2) is 10.1 Å². The zero-order chi connectivity index (χ0) is 12.3. The van der Waals surface area contributed by atoms with E-state index in [1.54, 1.807) is 6.92 Å². The number of halogens is 1. The van der Waals surface area contributed by atoms with Crippen molar-refractivity contribution in [3.8, 4) is 0 Å². The number of rotatable bonds is 4. The highest BCUT2D eigenvalue weighted by molar-refractivity contribution is 9.10. The van der Waals surface area contributed by atoms with E-state index < -0.39 is 0 Å². The van der Waals surface area contributed by atoms with Gasteiger partial charge in [0.2, 0.25) is 5.89 Å². The Morgan fingerprint density at radius 3 is 2.76 bits per heavy atom. The van der Waals surface area contributed by atoms with Crippen LogP contribution < -0.4 is 5.32 Å². The zero-order valence-corrected chi connectivity index (χ0v) is 11.4. The molecule has 0 aliphatic heterocycles. The largest absolute Gasteiger partial charge is 0.340 e. The van der Waals surface area contributed by atoms with Gasteiger partial charge in [-0.15, -0.1) is 0 Å². The van der Waals surface area contributed by atoms with Crippen molar-refractivity contribution in [1.82, 2.24) is 15.5 Å². The van der Waals surface area contributed by atoms with Crippen molar-refractivity contribution in [3.05, 3.63) is 45.5 Å². The number of aromatic nitrogens is 2. The first kappa shape index (κ1) is 12.3. The molecule has 0 atom stereocenters. The maximum absolute atomic E-state index is 4.89. The van der Waals surface area contributed by atoms with E-state index in [0.717, 1.165) is 11.0 Å². The Bertz CT molecular complexity index is 510. The van der Waals surface area contributed by atoms with Crippen LogP contribution in [0.25, 0.3) is 0 Å². The van der Waals surface area contributed by atoms with E-state index in [0.29, 0.717) is 18.3 Å². The van der Waals surface area contributed by atoms with Crippen LogP contribution in [0, 0.1) is 13.8 Å². The van der Waals surface area contributed by atoms with E-state index in [1.165, 1.54) is 11.1 Å². The number of hydrogen-bond acceptors (Lipinski definition) is 4. The van der Waals surface area contributed by atoms with Gasteiger partial charge in [-0.2, -0.15) is 4.98 Å². The zero-order valence-electron chi connectivity index (χ0n) is 9.83. The number of nitrogens with one attached hydrogen (secondary N) is 1. The Balaban J connectivity index is 1.87. The van der Waals surface area contributed by atoms with Crippen LogP contribution in [0.2, 0.25) is 0 Å². The standard InChI is InChI=1S/C12H14BrN3O/c1-8-3-4-10(5-11(8)13)6-14-7-12-15-9(2)17-16-12/h3-5,14H,6-7H2,1-2H3. The maximum Gasteiger partial charge on any atom is 0.223 e. The third kappa shape index (κ3) is 3.38. The third-order valence-electron chi connectivity index (χ3n) is 2.42. The fourth-order valence-electron chi connectivity index (χ4n) is 1.48. The van der Waals surface area contributed by atoms with E-state index in [-0.39, 0.29) is 0 Å². The van der Waals surface area contributed by atoms with Gasteiger partial charge in [-0.1, -0.05) is 33.2 Å². The molecule has 4 nitrogen and oxygen atoms in total.